The normalized spacial score (nSPS) is 11.7. The first-order chi connectivity index (χ1) is 16.4. The summed E-state index contributed by atoms with van der Waals surface area (Å²) in [5, 5.41) is 0. The van der Waals surface area contributed by atoms with Crippen molar-refractivity contribution in [1.82, 2.24) is 0 Å². The Bertz CT molecular complexity index is 1010. The van der Waals surface area contributed by atoms with Crippen LogP contribution in [0.25, 0.3) is 0 Å². The highest BCUT2D eigenvalue weighted by molar-refractivity contribution is 5.74. The molecule has 4 nitrogen and oxygen atoms in total. The smallest absolute Gasteiger partial charge is 0.308 e. The Morgan fingerprint density at radius 3 is 1.57 bits per heavy atom. The van der Waals surface area contributed by atoms with E-state index >= 15 is 0 Å². The molecule has 1 rings (SSSR count). The zero-order valence-electron chi connectivity index (χ0n) is 23.3. The topological polar surface area (TPSA) is 52.6 Å². The molecule has 0 saturated heterocycles. The lowest BCUT2D eigenvalue weighted by Gasteiger charge is -2.19. The van der Waals surface area contributed by atoms with Gasteiger partial charge in [0.2, 0.25) is 0 Å². The average molecular weight is 481 g/mol. The molecular formula is C31H44O4. The molecule has 0 aliphatic heterocycles. The van der Waals surface area contributed by atoms with Crippen LogP contribution in [0.3, 0.4) is 0 Å². The molecule has 35 heavy (non-hydrogen) atoms. The summed E-state index contributed by atoms with van der Waals surface area (Å²) in [6.45, 7) is 17.4. The fraction of sp³-hybridized carbons (Fsp3) is 0.484. The summed E-state index contributed by atoms with van der Waals surface area (Å²) < 4.78 is 11.3. The fourth-order valence-electron chi connectivity index (χ4n) is 3.74. The number of esters is 2. The van der Waals surface area contributed by atoms with E-state index in [4.69, 9.17) is 9.47 Å². The van der Waals surface area contributed by atoms with Gasteiger partial charge >= 0.3 is 11.9 Å². The first kappa shape index (κ1) is 30.2. The highest BCUT2D eigenvalue weighted by Crippen LogP contribution is 2.37. The van der Waals surface area contributed by atoms with Crippen molar-refractivity contribution in [2.24, 2.45) is 0 Å². The SMILES string of the molecule is CC(=O)Oc1cc(C)c(C/C=C(\C)CCC=C(C)C)c(OC(C)=O)c1C/C=C(\C)CCC=C(C)C. The first-order valence-corrected chi connectivity index (χ1v) is 12.5. The summed E-state index contributed by atoms with van der Waals surface area (Å²) in [5.41, 5.74) is 7.76. The van der Waals surface area contributed by atoms with E-state index in [0.29, 0.717) is 24.3 Å². The van der Waals surface area contributed by atoms with Gasteiger partial charge in [-0.3, -0.25) is 9.59 Å². The van der Waals surface area contributed by atoms with Crippen molar-refractivity contribution in [3.63, 3.8) is 0 Å². The first-order valence-electron chi connectivity index (χ1n) is 12.5. The molecule has 0 N–H and O–H groups in total. The quantitative estimate of drug-likeness (QED) is 0.171. The van der Waals surface area contributed by atoms with Crippen LogP contribution in [0.1, 0.15) is 97.8 Å². The van der Waals surface area contributed by atoms with Gasteiger partial charge in [0.1, 0.15) is 11.5 Å². The van der Waals surface area contributed by atoms with Gasteiger partial charge < -0.3 is 9.47 Å². The Morgan fingerprint density at radius 2 is 1.14 bits per heavy atom. The summed E-state index contributed by atoms with van der Waals surface area (Å²) in [5.74, 6) is 0.176. The van der Waals surface area contributed by atoms with Crippen molar-refractivity contribution < 1.29 is 19.1 Å². The van der Waals surface area contributed by atoms with Crippen LogP contribution in [0.2, 0.25) is 0 Å². The lowest BCUT2D eigenvalue weighted by Crippen LogP contribution is -2.11. The average Bonchev–Trinajstić information content (AvgIpc) is 2.71. The Labute approximate surface area is 212 Å². The van der Waals surface area contributed by atoms with Crippen LogP contribution in [-0.4, -0.2) is 11.9 Å². The molecule has 4 heteroatoms. The fourth-order valence-corrected chi connectivity index (χ4v) is 3.74. The second-order valence-electron chi connectivity index (χ2n) is 9.81. The largest absolute Gasteiger partial charge is 0.426 e. The molecule has 0 saturated carbocycles. The van der Waals surface area contributed by atoms with E-state index in [1.807, 2.05) is 13.0 Å². The molecule has 0 unspecified atom stereocenters. The number of hydrogen-bond acceptors (Lipinski definition) is 4. The summed E-state index contributed by atoms with van der Waals surface area (Å²) in [6, 6.07) is 1.89. The van der Waals surface area contributed by atoms with Crippen LogP contribution in [0, 0.1) is 6.92 Å². The Kier molecular flexibility index (Phi) is 13.1. The molecule has 0 aliphatic rings. The molecule has 0 radical (unpaired) electrons. The van der Waals surface area contributed by atoms with Crippen molar-refractivity contribution in [2.75, 3.05) is 0 Å². The van der Waals surface area contributed by atoms with Gasteiger partial charge in [-0.1, -0.05) is 46.6 Å². The molecule has 0 amide bonds. The Hall–Kier alpha value is -2.88. The monoisotopic (exact) mass is 480 g/mol. The minimum Gasteiger partial charge on any atom is -0.426 e. The van der Waals surface area contributed by atoms with Gasteiger partial charge in [-0.05, 0) is 98.6 Å². The summed E-state index contributed by atoms with van der Waals surface area (Å²) >= 11 is 0. The lowest BCUT2D eigenvalue weighted by molar-refractivity contribution is -0.132. The van der Waals surface area contributed by atoms with Crippen molar-refractivity contribution in [1.29, 1.82) is 0 Å². The standard InChI is InChI=1S/C31H44O4/c1-21(2)12-10-14-23(5)16-18-28-25(7)20-30(34-26(8)32)29(31(28)35-27(9)33)19-17-24(6)15-11-13-22(3)4/h12-13,16-17,20H,10-11,14-15,18-19H2,1-9H3/b23-16+,24-17+. The zero-order valence-corrected chi connectivity index (χ0v) is 23.3. The molecular weight excluding hydrogens is 436 g/mol. The number of rotatable bonds is 12. The molecule has 0 fully saturated rings. The predicted octanol–water partition coefficient (Wildman–Crippen LogP) is 8.32. The van der Waals surface area contributed by atoms with Gasteiger partial charge in [0.05, 0.1) is 0 Å². The van der Waals surface area contributed by atoms with E-state index in [-0.39, 0.29) is 5.97 Å². The van der Waals surface area contributed by atoms with E-state index in [1.165, 1.54) is 36.1 Å². The highest BCUT2D eigenvalue weighted by Gasteiger charge is 2.20. The van der Waals surface area contributed by atoms with E-state index in [2.05, 4.69) is 65.8 Å². The number of carbonyl (C=O) groups excluding carboxylic acids is 2. The number of benzene rings is 1. The maximum Gasteiger partial charge on any atom is 0.308 e. The molecule has 0 heterocycles. The van der Waals surface area contributed by atoms with Crippen LogP contribution < -0.4 is 9.47 Å². The van der Waals surface area contributed by atoms with Gasteiger partial charge in [-0.2, -0.15) is 0 Å². The third-order valence-corrected chi connectivity index (χ3v) is 5.66. The molecule has 1 aromatic rings. The third kappa shape index (κ3) is 11.9. The van der Waals surface area contributed by atoms with Gasteiger partial charge in [-0.15, -0.1) is 0 Å². The molecule has 0 bridgehead atoms. The highest BCUT2D eigenvalue weighted by atomic mass is 16.5. The van der Waals surface area contributed by atoms with E-state index < -0.39 is 5.97 Å². The molecule has 0 aromatic heterocycles. The van der Waals surface area contributed by atoms with Crippen LogP contribution >= 0.6 is 0 Å². The minimum absolute atomic E-state index is 0.389. The summed E-state index contributed by atoms with van der Waals surface area (Å²) in [4.78, 5) is 23.9. The summed E-state index contributed by atoms with van der Waals surface area (Å²) in [6.07, 6.45) is 13.9. The second-order valence-corrected chi connectivity index (χ2v) is 9.81. The van der Waals surface area contributed by atoms with Gasteiger partial charge in [0.15, 0.2) is 0 Å². The predicted molar refractivity (Wildman–Crippen MR) is 146 cm³/mol. The lowest BCUT2D eigenvalue weighted by atomic mass is 9.95. The number of allylic oxidation sites excluding steroid dienone is 8. The van der Waals surface area contributed by atoms with Crippen LogP contribution in [0.4, 0.5) is 0 Å². The van der Waals surface area contributed by atoms with Crippen molar-refractivity contribution in [3.05, 3.63) is 69.4 Å². The van der Waals surface area contributed by atoms with Gasteiger partial charge in [0, 0.05) is 25.0 Å². The van der Waals surface area contributed by atoms with Gasteiger partial charge in [0.25, 0.3) is 0 Å². The molecule has 1 aromatic carbocycles. The number of carbonyl (C=O) groups is 2. The summed E-state index contributed by atoms with van der Waals surface area (Å²) in [7, 11) is 0. The van der Waals surface area contributed by atoms with Gasteiger partial charge in [-0.25, -0.2) is 0 Å². The maximum atomic E-state index is 12.1. The third-order valence-electron chi connectivity index (χ3n) is 5.66. The molecule has 192 valence electrons. The van der Waals surface area contributed by atoms with E-state index in [1.54, 1.807) is 0 Å². The number of aryl methyl sites for hydroxylation is 1. The van der Waals surface area contributed by atoms with Crippen LogP contribution in [-0.2, 0) is 22.4 Å². The second kappa shape index (κ2) is 15.2. The Balaban J connectivity index is 3.42. The van der Waals surface area contributed by atoms with Crippen LogP contribution in [0.5, 0.6) is 11.5 Å². The van der Waals surface area contributed by atoms with Crippen LogP contribution in [0.15, 0.2) is 52.7 Å². The molecule has 0 aliphatic carbocycles. The zero-order chi connectivity index (χ0) is 26.5. The van der Waals surface area contributed by atoms with E-state index in [9.17, 15) is 9.59 Å². The van der Waals surface area contributed by atoms with Crippen molar-refractivity contribution in [2.45, 2.75) is 101 Å². The van der Waals surface area contributed by atoms with E-state index in [0.717, 1.165) is 42.4 Å². The number of ether oxygens (including phenoxy) is 2. The van der Waals surface area contributed by atoms with Crippen molar-refractivity contribution in [3.8, 4) is 11.5 Å². The van der Waals surface area contributed by atoms with Crippen molar-refractivity contribution >= 4 is 11.9 Å². The Morgan fingerprint density at radius 1 is 0.686 bits per heavy atom. The molecule has 0 atom stereocenters. The minimum atomic E-state index is -0.397. The molecule has 0 spiro atoms. The number of hydrogen-bond donors (Lipinski definition) is 0. The maximum absolute atomic E-state index is 12.1.